The molecule has 1 N–H and O–H groups in total. The topological polar surface area (TPSA) is 66.9 Å². The van der Waals surface area contributed by atoms with Gasteiger partial charge in [-0.25, -0.2) is 8.42 Å². The Labute approximate surface area is 61.1 Å². The summed E-state index contributed by atoms with van der Waals surface area (Å²) in [7, 11) is -2.33. The summed E-state index contributed by atoms with van der Waals surface area (Å²) < 4.78 is 23.2. The van der Waals surface area contributed by atoms with E-state index in [1.165, 1.54) is 0 Å². The first-order chi connectivity index (χ1) is 4.70. The molecular formula is C5H10O4S. The molecule has 0 aromatic heterocycles. The Morgan fingerprint density at radius 2 is 2.20 bits per heavy atom. The Morgan fingerprint density at radius 1 is 1.80 bits per heavy atom. The van der Waals surface area contributed by atoms with E-state index in [0.29, 0.717) is 0 Å². The zero-order valence-electron chi connectivity index (χ0n) is 5.40. The van der Waals surface area contributed by atoms with Crippen molar-refractivity contribution in [3.8, 4) is 0 Å². The highest BCUT2D eigenvalue weighted by molar-refractivity contribution is 7.75. The molecule has 0 amide bonds. The van der Waals surface area contributed by atoms with Crippen molar-refractivity contribution >= 4 is 10.7 Å². The monoisotopic (exact) mass is 166 g/mol. The van der Waals surface area contributed by atoms with Crippen LogP contribution in [-0.4, -0.2) is 32.8 Å². The van der Waals surface area contributed by atoms with Crippen molar-refractivity contribution < 1.29 is 18.3 Å². The second-order valence-corrected chi connectivity index (χ2v) is 2.54. The van der Waals surface area contributed by atoms with Crippen LogP contribution in [0, 0.1) is 0 Å². The molecule has 1 saturated heterocycles. The molecule has 1 aliphatic rings. The maximum atomic E-state index is 9.29. The summed E-state index contributed by atoms with van der Waals surface area (Å²) in [5.74, 6) is 0. The molecule has 0 aromatic carbocycles. The number of ether oxygens (including phenoxy) is 1. The predicted octanol–water partition coefficient (Wildman–Crippen LogP) is -0.881. The van der Waals surface area contributed by atoms with Crippen LogP contribution in [0.2, 0.25) is 0 Å². The van der Waals surface area contributed by atoms with Crippen molar-refractivity contribution in [1.82, 2.24) is 0 Å². The van der Waals surface area contributed by atoms with E-state index in [1.807, 2.05) is 0 Å². The fourth-order valence-corrected chi connectivity index (χ4v) is 0.173. The summed E-state index contributed by atoms with van der Waals surface area (Å²) in [6, 6.07) is 0. The quantitative estimate of drug-likeness (QED) is 0.413. The lowest BCUT2D eigenvalue weighted by molar-refractivity contribution is 0.244. The van der Waals surface area contributed by atoms with Crippen LogP contribution < -0.4 is 0 Å². The highest BCUT2D eigenvalue weighted by Crippen LogP contribution is 2.04. The second kappa shape index (κ2) is 5.40. The second-order valence-electron chi connectivity index (χ2n) is 1.61. The molecule has 1 fully saturated rings. The molecule has 0 bridgehead atoms. The Balaban J connectivity index is 0.000000162. The highest BCUT2D eigenvalue weighted by atomic mass is 32.2. The van der Waals surface area contributed by atoms with E-state index in [9.17, 15) is 8.42 Å². The van der Waals surface area contributed by atoms with Crippen LogP contribution in [0.3, 0.4) is 0 Å². The fraction of sp³-hybridized carbons (Fsp3) is 0.600. The molecule has 1 atom stereocenters. The van der Waals surface area contributed by atoms with Crippen molar-refractivity contribution in [2.75, 3.05) is 13.2 Å². The van der Waals surface area contributed by atoms with Gasteiger partial charge in [0.05, 0.1) is 13.2 Å². The van der Waals surface area contributed by atoms with Crippen molar-refractivity contribution in [3.63, 3.8) is 0 Å². The van der Waals surface area contributed by atoms with Crippen LogP contribution in [-0.2, 0) is 15.4 Å². The SMILES string of the molecule is C=C[SH](=O)=O.OCC1CO1. The van der Waals surface area contributed by atoms with Gasteiger partial charge in [-0.1, -0.05) is 6.58 Å². The average Bonchev–Trinajstić information content (AvgIpc) is 2.70. The van der Waals surface area contributed by atoms with Crippen LogP contribution in [0.15, 0.2) is 12.0 Å². The van der Waals surface area contributed by atoms with Crippen LogP contribution in [0.25, 0.3) is 0 Å². The molecule has 4 nitrogen and oxygen atoms in total. The Morgan fingerprint density at radius 3 is 2.20 bits per heavy atom. The summed E-state index contributed by atoms with van der Waals surface area (Å²) in [5, 5.41) is 8.95. The Kier molecular flexibility index (Phi) is 5.19. The number of hydrogen-bond acceptors (Lipinski definition) is 4. The van der Waals surface area contributed by atoms with Crippen molar-refractivity contribution in [2.45, 2.75) is 6.10 Å². The molecular weight excluding hydrogens is 156 g/mol. The first kappa shape index (κ1) is 9.61. The molecule has 0 spiro atoms. The molecule has 0 aromatic rings. The number of hydrogen-bond donors (Lipinski definition) is 2. The number of aliphatic hydroxyl groups is 1. The van der Waals surface area contributed by atoms with Gasteiger partial charge in [-0.15, -0.1) is 0 Å². The summed E-state index contributed by atoms with van der Waals surface area (Å²) in [5.41, 5.74) is 0. The number of thiol groups is 1. The third kappa shape index (κ3) is 7.61. The Hall–Kier alpha value is -0.390. The van der Waals surface area contributed by atoms with E-state index in [-0.39, 0.29) is 12.7 Å². The first-order valence-electron chi connectivity index (χ1n) is 2.69. The molecule has 10 heavy (non-hydrogen) atoms. The van der Waals surface area contributed by atoms with Crippen LogP contribution in [0.4, 0.5) is 0 Å². The summed E-state index contributed by atoms with van der Waals surface area (Å²) >= 11 is 0. The minimum atomic E-state index is -2.33. The van der Waals surface area contributed by atoms with Crippen LogP contribution in [0.1, 0.15) is 0 Å². The van der Waals surface area contributed by atoms with Gasteiger partial charge in [-0.2, -0.15) is 0 Å². The van der Waals surface area contributed by atoms with E-state index >= 15 is 0 Å². The van der Waals surface area contributed by atoms with Crippen molar-refractivity contribution in [2.24, 2.45) is 0 Å². The van der Waals surface area contributed by atoms with Crippen LogP contribution in [0.5, 0.6) is 0 Å². The van der Waals surface area contributed by atoms with Gasteiger partial charge < -0.3 is 9.84 Å². The standard InChI is InChI=1S/C3H6O2.C2H4O2S/c4-1-3-2-5-3;1-2-5(3)4/h3-4H,1-2H2;2,5H,1H2. The van der Waals surface area contributed by atoms with E-state index < -0.39 is 10.7 Å². The number of aliphatic hydroxyl groups excluding tert-OH is 1. The smallest absolute Gasteiger partial charge is 0.160 e. The molecule has 1 aliphatic heterocycles. The minimum absolute atomic E-state index is 0.190. The molecule has 0 radical (unpaired) electrons. The van der Waals surface area contributed by atoms with Gasteiger partial charge in [0.15, 0.2) is 10.7 Å². The third-order valence-corrected chi connectivity index (χ3v) is 1.05. The predicted molar refractivity (Wildman–Crippen MR) is 37.3 cm³/mol. The maximum absolute atomic E-state index is 9.29. The van der Waals surface area contributed by atoms with Crippen LogP contribution >= 0.6 is 0 Å². The van der Waals surface area contributed by atoms with Crippen molar-refractivity contribution in [3.05, 3.63) is 12.0 Å². The number of epoxide rings is 1. The molecule has 60 valence electrons. The van der Waals surface area contributed by atoms with E-state index in [0.717, 1.165) is 12.0 Å². The van der Waals surface area contributed by atoms with Gasteiger partial charge >= 0.3 is 0 Å². The fourth-order valence-electron chi connectivity index (χ4n) is 0.173. The summed E-state index contributed by atoms with van der Waals surface area (Å²) in [4.78, 5) is 0. The lowest BCUT2D eigenvalue weighted by Crippen LogP contribution is -1.88. The largest absolute Gasteiger partial charge is 0.394 e. The van der Waals surface area contributed by atoms with Gasteiger partial charge in [-0.3, -0.25) is 0 Å². The zero-order chi connectivity index (χ0) is 7.98. The lowest BCUT2D eigenvalue weighted by Gasteiger charge is -1.70. The summed E-state index contributed by atoms with van der Waals surface area (Å²) in [6.45, 7) is 3.92. The zero-order valence-corrected chi connectivity index (χ0v) is 6.29. The minimum Gasteiger partial charge on any atom is -0.394 e. The molecule has 1 rings (SSSR count). The summed E-state index contributed by atoms with van der Waals surface area (Å²) in [6.07, 6.45) is 0.190. The third-order valence-electron chi connectivity index (χ3n) is 0.755. The van der Waals surface area contributed by atoms with Gasteiger partial charge in [0.25, 0.3) is 0 Å². The lowest BCUT2D eigenvalue weighted by atomic mass is 10.5. The first-order valence-corrected chi connectivity index (χ1v) is 3.94. The van der Waals surface area contributed by atoms with Gasteiger partial charge in [-0.05, 0) is 0 Å². The van der Waals surface area contributed by atoms with Gasteiger partial charge in [0.2, 0.25) is 0 Å². The van der Waals surface area contributed by atoms with E-state index in [2.05, 4.69) is 11.3 Å². The van der Waals surface area contributed by atoms with E-state index in [4.69, 9.17) is 5.11 Å². The van der Waals surface area contributed by atoms with Gasteiger partial charge in [0.1, 0.15) is 6.10 Å². The molecule has 0 aliphatic carbocycles. The van der Waals surface area contributed by atoms with E-state index in [1.54, 1.807) is 0 Å². The highest BCUT2D eigenvalue weighted by Gasteiger charge is 2.19. The molecule has 1 heterocycles. The average molecular weight is 166 g/mol. The van der Waals surface area contributed by atoms with Gasteiger partial charge in [0, 0.05) is 5.41 Å². The molecule has 5 heteroatoms. The normalized spacial score (nSPS) is 21.2. The molecule has 0 saturated carbocycles. The molecule has 1 unspecified atom stereocenters. The number of rotatable bonds is 2. The Bertz CT molecular complexity index is 151. The maximum Gasteiger partial charge on any atom is 0.160 e. The van der Waals surface area contributed by atoms with Crippen molar-refractivity contribution in [1.29, 1.82) is 0 Å².